The van der Waals surface area contributed by atoms with Gasteiger partial charge in [-0.05, 0) is 112 Å². The van der Waals surface area contributed by atoms with Crippen molar-refractivity contribution < 1.29 is 14.3 Å². The van der Waals surface area contributed by atoms with E-state index in [1.807, 2.05) is 0 Å². The van der Waals surface area contributed by atoms with Gasteiger partial charge in [0.25, 0.3) is 5.91 Å². The van der Waals surface area contributed by atoms with E-state index in [4.69, 9.17) is 4.74 Å². The molecule has 8 fully saturated rings. The predicted octanol–water partition coefficient (Wildman–Crippen LogP) is 3.69. The summed E-state index contributed by atoms with van der Waals surface area (Å²) < 4.78 is 5.59. The number of hydrogen-bond acceptors (Lipinski definition) is 3. The van der Waals surface area contributed by atoms with Gasteiger partial charge >= 0.3 is 5.97 Å². The van der Waals surface area contributed by atoms with Gasteiger partial charge in [-0.1, -0.05) is 0 Å². The first-order valence-electron chi connectivity index (χ1n) is 11.5. The van der Waals surface area contributed by atoms with E-state index in [2.05, 4.69) is 5.32 Å². The number of ether oxygens (including phenoxy) is 1. The lowest BCUT2D eigenvalue weighted by atomic mass is 9.52. The van der Waals surface area contributed by atoms with Gasteiger partial charge in [-0.15, -0.1) is 0 Å². The standard InChI is InChI=1S/C23H33NO3/c25-20(24-23-9-15-2-16(10-23)4-17(3-15)11-23)12-27-22(26)21-18-5-13-1-14(7-18)8-19(21)6-13/h13-19,21H,1-12H2,(H,24,25). The van der Waals surface area contributed by atoms with Crippen LogP contribution in [0.3, 0.4) is 0 Å². The maximum absolute atomic E-state index is 12.8. The zero-order valence-electron chi connectivity index (χ0n) is 16.3. The number of amides is 1. The Hall–Kier alpha value is -1.06. The topological polar surface area (TPSA) is 55.4 Å². The smallest absolute Gasteiger partial charge is 0.310 e. The molecular formula is C23H33NO3. The molecule has 0 heterocycles. The van der Waals surface area contributed by atoms with E-state index in [1.165, 1.54) is 51.4 Å². The van der Waals surface area contributed by atoms with Crippen molar-refractivity contribution in [1.82, 2.24) is 5.32 Å². The molecule has 8 aliphatic carbocycles. The Balaban J connectivity index is 1.05. The molecule has 0 aromatic rings. The first kappa shape index (κ1) is 16.9. The van der Waals surface area contributed by atoms with Crippen LogP contribution in [0.1, 0.15) is 70.6 Å². The van der Waals surface area contributed by atoms with E-state index in [1.54, 1.807) is 0 Å². The van der Waals surface area contributed by atoms with Crippen molar-refractivity contribution in [3.63, 3.8) is 0 Å². The van der Waals surface area contributed by atoms with E-state index in [0.717, 1.165) is 48.9 Å². The van der Waals surface area contributed by atoms with Gasteiger partial charge in [0.05, 0.1) is 5.92 Å². The van der Waals surface area contributed by atoms with Crippen LogP contribution in [0.25, 0.3) is 0 Å². The lowest BCUT2D eigenvalue weighted by Gasteiger charge is -2.56. The first-order valence-corrected chi connectivity index (χ1v) is 11.5. The molecule has 8 bridgehead atoms. The van der Waals surface area contributed by atoms with Crippen molar-refractivity contribution in [1.29, 1.82) is 0 Å². The lowest BCUT2D eigenvalue weighted by Crippen LogP contribution is -2.60. The number of hydrogen-bond donors (Lipinski definition) is 1. The van der Waals surface area contributed by atoms with Crippen LogP contribution in [0.4, 0.5) is 0 Å². The Morgan fingerprint density at radius 3 is 1.74 bits per heavy atom. The summed E-state index contributed by atoms with van der Waals surface area (Å²) >= 11 is 0. The Morgan fingerprint density at radius 1 is 0.741 bits per heavy atom. The normalized spacial score (nSPS) is 51.4. The summed E-state index contributed by atoms with van der Waals surface area (Å²) in [5.41, 5.74) is 0.0147. The quantitative estimate of drug-likeness (QED) is 0.767. The van der Waals surface area contributed by atoms with Crippen LogP contribution in [0.2, 0.25) is 0 Å². The molecule has 4 nitrogen and oxygen atoms in total. The van der Waals surface area contributed by atoms with E-state index in [9.17, 15) is 9.59 Å². The summed E-state index contributed by atoms with van der Waals surface area (Å²) in [6.45, 7) is -0.0661. The molecule has 8 saturated carbocycles. The molecule has 27 heavy (non-hydrogen) atoms. The van der Waals surface area contributed by atoms with Crippen molar-refractivity contribution in [2.24, 2.45) is 47.3 Å². The molecule has 8 rings (SSSR count). The fraction of sp³-hybridized carbons (Fsp3) is 0.913. The third kappa shape index (κ3) is 2.84. The molecule has 0 spiro atoms. The maximum atomic E-state index is 12.8. The largest absolute Gasteiger partial charge is 0.455 e. The minimum absolute atomic E-state index is 0.0147. The highest BCUT2D eigenvalue weighted by atomic mass is 16.5. The fourth-order valence-electron chi connectivity index (χ4n) is 9.14. The number of carbonyl (C=O) groups excluding carboxylic acids is 2. The van der Waals surface area contributed by atoms with Crippen LogP contribution >= 0.6 is 0 Å². The van der Waals surface area contributed by atoms with Gasteiger partial charge in [-0.3, -0.25) is 9.59 Å². The Morgan fingerprint density at radius 2 is 1.22 bits per heavy atom. The van der Waals surface area contributed by atoms with Gasteiger partial charge in [-0.2, -0.15) is 0 Å². The number of nitrogens with one attached hydrogen (secondary N) is 1. The third-order valence-electron chi connectivity index (χ3n) is 9.29. The molecule has 4 heteroatoms. The maximum Gasteiger partial charge on any atom is 0.310 e. The molecule has 8 aliphatic rings. The van der Waals surface area contributed by atoms with Crippen molar-refractivity contribution >= 4 is 11.9 Å². The number of esters is 1. The second-order valence-electron chi connectivity index (χ2n) is 11.3. The van der Waals surface area contributed by atoms with Crippen LogP contribution < -0.4 is 5.32 Å². The monoisotopic (exact) mass is 371 g/mol. The molecule has 0 aromatic heterocycles. The third-order valence-corrected chi connectivity index (χ3v) is 9.29. The van der Waals surface area contributed by atoms with E-state index >= 15 is 0 Å². The minimum atomic E-state index is -0.0792. The molecular weight excluding hydrogens is 338 g/mol. The highest BCUT2D eigenvalue weighted by Crippen LogP contribution is 2.57. The molecule has 0 unspecified atom stereocenters. The van der Waals surface area contributed by atoms with Crippen molar-refractivity contribution in [2.45, 2.75) is 76.2 Å². The Kier molecular flexibility index (Phi) is 3.73. The van der Waals surface area contributed by atoms with Gasteiger partial charge in [-0.25, -0.2) is 0 Å². The van der Waals surface area contributed by atoms with E-state index < -0.39 is 0 Å². The van der Waals surface area contributed by atoms with Gasteiger partial charge in [0.1, 0.15) is 0 Å². The van der Waals surface area contributed by atoms with Crippen molar-refractivity contribution in [3.05, 3.63) is 0 Å². The Bertz CT molecular complexity index is 593. The molecule has 1 N–H and O–H groups in total. The van der Waals surface area contributed by atoms with Crippen molar-refractivity contribution in [3.8, 4) is 0 Å². The van der Waals surface area contributed by atoms with Gasteiger partial charge in [0.2, 0.25) is 0 Å². The fourth-order valence-corrected chi connectivity index (χ4v) is 9.14. The van der Waals surface area contributed by atoms with Gasteiger partial charge in [0, 0.05) is 5.54 Å². The summed E-state index contributed by atoms with van der Waals surface area (Å²) in [7, 11) is 0. The van der Waals surface area contributed by atoms with Gasteiger partial charge < -0.3 is 10.1 Å². The average Bonchev–Trinajstić information content (AvgIpc) is 2.57. The summed E-state index contributed by atoms with van der Waals surface area (Å²) in [5, 5.41) is 3.33. The minimum Gasteiger partial charge on any atom is -0.455 e. The van der Waals surface area contributed by atoms with E-state index in [-0.39, 0.29) is 29.9 Å². The van der Waals surface area contributed by atoms with Crippen molar-refractivity contribution in [2.75, 3.05) is 6.61 Å². The molecule has 148 valence electrons. The van der Waals surface area contributed by atoms with Crippen LogP contribution in [0, 0.1) is 47.3 Å². The second-order valence-corrected chi connectivity index (χ2v) is 11.3. The molecule has 0 aliphatic heterocycles. The predicted molar refractivity (Wildman–Crippen MR) is 101 cm³/mol. The molecule has 0 saturated heterocycles. The van der Waals surface area contributed by atoms with Crippen LogP contribution in [0.15, 0.2) is 0 Å². The number of rotatable bonds is 4. The summed E-state index contributed by atoms with van der Waals surface area (Å²) in [6.07, 6.45) is 13.8. The Labute approximate surface area is 162 Å². The van der Waals surface area contributed by atoms with Crippen LogP contribution in [0.5, 0.6) is 0 Å². The molecule has 1 amide bonds. The first-order chi connectivity index (χ1) is 13.1. The lowest BCUT2D eigenvalue weighted by molar-refractivity contribution is -0.165. The SMILES string of the molecule is O=C(COC(=O)C1C2CC3CC(C2)CC1C3)NC12CC3CC(CC(C3)C1)C2. The highest BCUT2D eigenvalue weighted by Gasteiger charge is 2.53. The zero-order valence-corrected chi connectivity index (χ0v) is 16.3. The summed E-state index contributed by atoms with van der Waals surface area (Å²) in [4.78, 5) is 25.4. The highest BCUT2D eigenvalue weighted by molar-refractivity contribution is 5.82. The molecule has 0 aromatic carbocycles. The summed E-state index contributed by atoms with van der Waals surface area (Å²) in [5.74, 6) is 5.14. The average molecular weight is 372 g/mol. The van der Waals surface area contributed by atoms with Gasteiger partial charge in [0.15, 0.2) is 6.61 Å². The zero-order chi connectivity index (χ0) is 18.2. The van der Waals surface area contributed by atoms with Crippen LogP contribution in [-0.4, -0.2) is 24.0 Å². The van der Waals surface area contributed by atoms with E-state index in [0.29, 0.717) is 11.8 Å². The molecule has 0 atom stereocenters. The second kappa shape index (κ2) is 5.97. The summed E-state index contributed by atoms with van der Waals surface area (Å²) in [6, 6.07) is 0. The van der Waals surface area contributed by atoms with Crippen LogP contribution in [-0.2, 0) is 14.3 Å². The molecule has 0 radical (unpaired) electrons. The number of carbonyl (C=O) groups is 2.